The molecular formula is C22H25NO6. The van der Waals surface area contributed by atoms with Crippen LogP contribution in [0.25, 0.3) is 0 Å². The first-order chi connectivity index (χ1) is 14.1. The number of nitrogens with zero attached hydrogens (tertiary/aromatic N) is 1. The number of benzene rings is 2. The largest absolute Gasteiger partial charge is 0.497 e. The zero-order valence-corrected chi connectivity index (χ0v) is 16.4. The second-order valence-electron chi connectivity index (χ2n) is 6.81. The molecule has 0 radical (unpaired) electrons. The summed E-state index contributed by atoms with van der Waals surface area (Å²) in [5.74, 6) is 0.624. The maximum Gasteiger partial charge on any atom is 0.308 e. The molecule has 7 heteroatoms. The van der Waals surface area contributed by atoms with Crippen LogP contribution in [0.4, 0.5) is 0 Å². The summed E-state index contributed by atoms with van der Waals surface area (Å²) in [6, 6.07) is 15.0. The van der Waals surface area contributed by atoms with Gasteiger partial charge in [0.2, 0.25) is 5.91 Å². The minimum atomic E-state index is -0.915. The summed E-state index contributed by atoms with van der Waals surface area (Å²) >= 11 is 0. The number of amides is 1. The number of hydrogen-bond donors (Lipinski definition) is 1. The van der Waals surface area contributed by atoms with Crippen LogP contribution in [0.2, 0.25) is 0 Å². The van der Waals surface area contributed by atoms with Crippen LogP contribution in [-0.4, -0.2) is 55.3 Å². The Labute approximate surface area is 169 Å². The summed E-state index contributed by atoms with van der Waals surface area (Å²) in [6.07, 6.45) is 0.684. The van der Waals surface area contributed by atoms with Crippen molar-refractivity contribution in [3.05, 3.63) is 54.1 Å². The quantitative estimate of drug-likeness (QED) is 0.618. The molecule has 2 aromatic rings. The number of likely N-dealkylation sites (tertiary alicyclic amines) is 1. The molecule has 1 aliphatic heterocycles. The molecule has 1 atom stereocenters. The van der Waals surface area contributed by atoms with Gasteiger partial charge in [0, 0.05) is 19.5 Å². The third kappa shape index (κ3) is 5.63. The summed E-state index contributed by atoms with van der Waals surface area (Å²) < 4.78 is 16.6. The summed E-state index contributed by atoms with van der Waals surface area (Å²) in [5, 5.41) is 9.09. The van der Waals surface area contributed by atoms with E-state index in [2.05, 4.69) is 0 Å². The molecule has 0 saturated carbocycles. The van der Waals surface area contributed by atoms with Gasteiger partial charge in [-0.2, -0.15) is 0 Å². The fraction of sp³-hybridized carbons (Fsp3) is 0.364. The van der Waals surface area contributed by atoms with Gasteiger partial charge >= 0.3 is 5.97 Å². The van der Waals surface area contributed by atoms with Gasteiger partial charge in [0.1, 0.15) is 30.5 Å². The first-order valence-corrected chi connectivity index (χ1v) is 9.55. The fourth-order valence-corrected chi connectivity index (χ4v) is 3.24. The second kappa shape index (κ2) is 9.82. The van der Waals surface area contributed by atoms with Crippen LogP contribution in [0.15, 0.2) is 48.5 Å². The molecule has 2 aromatic carbocycles. The van der Waals surface area contributed by atoms with Gasteiger partial charge in [-0.3, -0.25) is 9.59 Å². The van der Waals surface area contributed by atoms with Crippen LogP contribution in [-0.2, 0) is 16.0 Å². The van der Waals surface area contributed by atoms with E-state index in [1.807, 2.05) is 48.5 Å². The molecule has 1 heterocycles. The predicted octanol–water partition coefficient (Wildman–Crippen LogP) is 2.63. The van der Waals surface area contributed by atoms with Crippen molar-refractivity contribution in [3.63, 3.8) is 0 Å². The van der Waals surface area contributed by atoms with E-state index in [0.717, 1.165) is 22.8 Å². The van der Waals surface area contributed by atoms with Crippen molar-refractivity contribution in [2.75, 3.05) is 33.4 Å². The van der Waals surface area contributed by atoms with Gasteiger partial charge in [-0.15, -0.1) is 0 Å². The molecule has 0 spiro atoms. The molecule has 29 heavy (non-hydrogen) atoms. The maximum atomic E-state index is 12.0. The van der Waals surface area contributed by atoms with E-state index >= 15 is 0 Å². The number of methoxy groups -OCH3 is 1. The summed E-state index contributed by atoms with van der Waals surface area (Å²) in [6.45, 7) is 1.52. The first-order valence-electron chi connectivity index (χ1n) is 9.55. The Morgan fingerprint density at radius 1 is 1.07 bits per heavy atom. The highest BCUT2D eigenvalue weighted by molar-refractivity contribution is 5.86. The average Bonchev–Trinajstić information content (AvgIpc) is 3.12. The van der Waals surface area contributed by atoms with Crippen LogP contribution in [0.3, 0.4) is 0 Å². The molecule has 154 valence electrons. The van der Waals surface area contributed by atoms with Gasteiger partial charge in [0.15, 0.2) is 0 Å². The van der Waals surface area contributed by atoms with Gasteiger partial charge in [0.05, 0.1) is 13.0 Å². The van der Waals surface area contributed by atoms with Gasteiger partial charge in [0.25, 0.3) is 0 Å². The standard InChI is InChI=1S/C22H25NO6/c1-27-18-6-8-19(9-7-18)28-12-13-29-20-5-3-2-4-16(20)10-11-23-15-17(22(25)26)14-21(23)24/h2-9,17H,10-15H2,1H3,(H,25,26). The highest BCUT2D eigenvalue weighted by Gasteiger charge is 2.33. The Bertz CT molecular complexity index is 835. The SMILES string of the molecule is COc1ccc(OCCOc2ccccc2CCN2CC(C(=O)O)CC2=O)cc1. The number of aliphatic carboxylic acids is 1. The molecule has 0 aliphatic carbocycles. The smallest absolute Gasteiger partial charge is 0.308 e. The molecule has 1 saturated heterocycles. The maximum absolute atomic E-state index is 12.0. The Balaban J connectivity index is 1.47. The van der Waals surface area contributed by atoms with E-state index in [9.17, 15) is 9.59 Å². The minimum absolute atomic E-state index is 0.0795. The number of rotatable bonds is 10. The van der Waals surface area contributed by atoms with E-state index in [1.165, 1.54) is 0 Å². The van der Waals surface area contributed by atoms with Crippen molar-refractivity contribution in [1.29, 1.82) is 0 Å². The lowest BCUT2D eigenvalue weighted by atomic mass is 10.1. The Hall–Kier alpha value is -3.22. The normalized spacial score (nSPS) is 16.0. The molecule has 1 N–H and O–H groups in total. The number of hydrogen-bond acceptors (Lipinski definition) is 5. The van der Waals surface area contributed by atoms with Crippen LogP contribution < -0.4 is 14.2 Å². The summed E-state index contributed by atoms with van der Waals surface area (Å²) in [7, 11) is 1.62. The van der Waals surface area contributed by atoms with Crippen molar-refractivity contribution in [1.82, 2.24) is 4.90 Å². The highest BCUT2D eigenvalue weighted by Crippen LogP contribution is 2.22. The first kappa shape index (κ1) is 20.5. The molecule has 1 aliphatic rings. The summed E-state index contributed by atoms with van der Waals surface area (Å²) in [5.41, 5.74) is 0.975. The molecule has 1 amide bonds. The lowest BCUT2D eigenvalue weighted by molar-refractivity contribution is -0.141. The van der Waals surface area contributed by atoms with E-state index in [0.29, 0.717) is 26.2 Å². The van der Waals surface area contributed by atoms with E-state index in [1.54, 1.807) is 12.0 Å². The van der Waals surface area contributed by atoms with Gasteiger partial charge in [-0.05, 0) is 42.3 Å². The molecule has 7 nitrogen and oxygen atoms in total. The van der Waals surface area contributed by atoms with Crippen molar-refractivity contribution in [3.8, 4) is 17.2 Å². The van der Waals surface area contributed by atoms with Crippen molar-refractivity contribution < 1.29 is 28.9 Å². The third-order valence-electron chi connectivity index (χ3n) is 4.86. The minimum Gasteiger partial charge on any atom is -0.497 e. The molecular weight excluding hydrogens is 374 g/mol. The number of carbonyl (C=O) groups is 2. The Kier molecular flexibility index (Phi) is 6.94. The monoisotopic (exact) mass is 399 g/mol. The lowest BCUT2D eigenvalue weighted by Crippen LogP contribution is -2.28. The van der Waals surface area contributed by atoms with Gasteiger partial charge < -0.3 is 24.2 Å². The number of carboxylic acids is 1. The molecule has 3 rings (SSSR count). The van der Waals surface area contributed by atoms with Crippen molar-refractivity contribution in [2.45, 2.75) is 12.8 Å². The number of ether oxygens (including phenoxy) is 3. The van der Waals surface area contributed by atoms with E-state index in [4.69, 9.17) is 19.3 Å². The summed E-state index contributed by atoms with van der Waals surface area (Å²) in [4.78, 5) is 24.7. The molecule has 1 fully saturated rings. The zero-order valence-electron chi connectivity index (χ0n) is 16.4. The fourth-order valence-electron chi connectivity index (χ4n) is 3.24. The van der Waals surface area contributed by atoms with Crippen molar-refractivity contribution in [2.24, 2.45) is 5.92 Å². The van der Waals surface area contributed by atoms with Crippen molar-refractivity contribution >= 4 is 11.9 Å². The lowest BCUT2D eigenvalue weighted by Gasteiger charge is -2.17. The molecule has 0 bridgehead atoms. The number of carbonyl (C=O) groups excluding carboxylic acids is 1. The topological polar surface area (TPSA) is 85.3 Å². The average molecular weight is 399 g/mol. The number of carboxylic acid groups (broad SMARTS) is 1. The third-order valence-corrected chi connectivity index (χ3v) is 4.86. The number of para-hydroxylation sites is 1. The second-order valence-corrected chi connectivity index (χ2v) is 6.81. The van der Waals surface area contributed by atoms with E-state index < -0.39 is 11.9 Å². The molecule has 1 unspecified atom stereocenters. The Morgan fingerprint density at radius 2 is 1.76 bits per heavy atom. The van der Waals surface area contributed by atoms with Gasteiger partial charge in [-0.1, -0.05) is 18.2 Å². The van der Waals surface area contributed by atoms with Crippen LogP contribution in [0.5, 0.6) is 17.2 Å². The Morgan fingerprint density at radius 3 is 2.45 bits per heavy atom. The van der Waals surface area contributed by atoms with Crippen LogP contribution >= 0.6 is 0 Å². The van der Waals surface area contributed by atoms with Crippen LogP contribution in [0, 0.1) is 5.92 Å². The zero-order chi connectivity index (χ0) is 20.6. The van der Waals surface area contributed by atoms with Gasteiger partial charge in [-0.25, -0.2) is 0 Å². The predicted molar refractivity (Wildman–Crippen MR) is 106 cm³/mol. The van der Waals surface area contributed by atoms with E-state index in [-0.39, 0.29) is 18.9 Å². The van der Waals surface area contributed by atoms with Crippen LogP contribution in [0.1, 0.15) is 12.0 Å². The highest BCUT2D eigenvalue weighted by atomic mass is 16.5. The molecule has 0 aromatic heterocycles.